The number of rotatable bonds is 2. The van der Waals surface area contributed by atoms with Crippen molar-refractivity contribution in [3.63, 3.8) is 0 Å². The van der Waals surface area contributed by atoms with E-state index in [0.717, 1.165) is 36.0 Å². The molecule has 1 N–H and O–H groups in total. The van der Waals surface area contributed by atoms with Crippen LogP contribution in [-0.2, 0) is 14.4 Å². The first-order valence-electron chi connectivity index (χ1n) is 10.4. The Kier molecular flexibility index (Phi) is 8.78. The third kappa shape index (κ3) is 6.83. The van der Waals surface area contributed by atoms with Crippen molar-refractivity contribution in [3.05, 3.63) is 41.5 Å². The van der Waals surface area contributed by atoms with Crippen molar-refractivity contribution in [1.29, 1.82) is 0 Å². The Hall–Kier alpha value is -2.07. The van der Waals surface area contributed by atoms with Gasteiger partial charge in [-0.05, 0) is 56.2 Å². The molecule has 152 valence electrons. The Morgan fingerprint density at radius 2 is 1.86 bits per heavy atom. The monoisotopic (exact) mass is 383 g/mol. The normalized spacial score (nSPS) is 25.3. The van der Waals surface area contributed by atoms with Crippen LogP contribution in [0.25, 0.3) is 5.57 Å². The predicted molar refractivity (Wildman–Crippen MR) is 113 cm³/mol. The first kappa shape index (κ1) is 22.2. The van der Waals surface area contributed by atoms with Gasteiger partial charge in [0.1, 0.15) is 17.3 Å². The van der Waals surface area contributed by atoms with E-state index >= 15 is 0 Å². The zero-order valence-electron chi connectivity index (χ0n) is 17.4. The van der Waals surface area contributed by atoms with Gasteiger partial charge < -0.3 is 5.32 Å². The van der Waals surface area contributed by atoms with Gasteiger partial charge in [0.25, 0.3) is 0 Å². The van der Waals surface area contributed by atoms with E-state index < -0.39 is 6.04 Å². The highest BCUT2D eigenvalue weighted by atomic mass is 16.1. The molecule has 0 saturated heterocycles. The molecule has 0 bridgehead atoms. The molecule has 1 aromatic rings. The molecular weight excluding hydrogens is 350 g/mol. The maximum Gasteiger partial charge on any atom is 0.149 e. The number of hydrogen-bond donors (Lipinski definition) is 1. The zero-order valence-corrected chi connectivity index (χ0v) is 17.4. The molecule has 0 fully saturated rings. The highest BCUT2D eigenvalue weighted by Gasteiger charge is 2.21. The van der Waals surface area contributed by atoms with Gasteiger partial charge in [-0.1, -0.05) is 43.7 Å². The van der Waals surface area contributed by atoms with Gasteiger partial charge >= 0.3 is 0 Å². The number of benzene rings is 1. The molecule has 28 heavy (non-hydrogen) atoms. The van der Waals surface area contributed by atoms with Crippen molar-refractivity contribution in [2.45, 2.75) is 71.8 Å². The van der Waals surface area contributed by atoms with Crippen molar-refractivity contribution >= 4 is 22.9 Å². The van der Waals surface area contributed by atoms with Crippen molar-refractivity contribution in [1.82, 2.24) is 5.32 Å². The van der Waals surface area contributed by atoms with Crippen LogP contribution in [-0.4, -0.2) is 29.9 Å². The second-order valence-corrected chi connectivity index (χ2v) is 7.98. The zero-order chi connectivity index (χ0) is 20.5. The lowest BCUT2D eigenvalue weighted by Gasteiger charge is -2.20. The molecule has 0 saturated carbocycles. The third-order valence-corrected chi connectivity index (χ3v) is 5.63. The number of nitrogens with one attached hydrogen (secondary N) is 1. The van der Waals surface area contributed by atoms with E-state index in [4.69, 9.17) is 0 Å². The molecule has 1 heterocycles. The fourth-order valence-corrected chi connectivity index (χ4v) is 3.68. The van der Waals surface area contributed by atoms with Crippen LogP contribution in [0.3, 0.4) is 0 Å². The number of Topliss-reactive ketones (excluding diaryl/α,β-unsaturated/α-hetero) is 3. The molecule has 0 spiro atoms. The Balaban J connectivity index is 2.28. The van der Waals surface area contributed by atoms with Gasteiger partial charge in [0.2, 0.25) is 0 Å². The van der Waals surface area contributed by atoms with Crippen LogP contribution in [0.4, 0.5) is 0 Å². The Labute approximate surface area is 168 Å². The Morgan fingerprint density at radius 1 is 1.11 bits per heavy atom. The molecule has 2 rings (SSSR count). The van der Waals surface area contributed by atoms with Crippen LogP contribution in [0.2, 0.25) is 0 Å². The van der Waals surface area contributed by atoms with E-state index in [0.29, 0.717) is 25.7 Å². The molecule has 1 aliphatic rings. The largest absolute Gasteiger partial charge is 0.300 e. The lowest BCUT2D eigenvalue weighted by molar-refractivity contribution is -0.122. The molecule has 2 atom stereocenters. The summed E-state index contributed by atoms with van der Waals surface area (Å²) in [5.41, 5.74) is 3.31. The van der Waals surface area contributed by atoms with E-state index in [1.165, 1.54) is 0 Å². The first-order valence-corrected chi connectivity index (χ1v) is 10.4. The van der Waals surface area contributed by atoms with E-state index in [1.54, 1.807) is 6.92 Å². The molecule has 1 aromatic carbocycles. The van der Waals surface area contributed by atoms with Crippen LogP contribution in [0, 0.1) is 12.8 Å². The summed E-state index contributed by atoms with van der Waals surface area (Å²) in [6, 6.07) is 7.70. The SMILES string of the molecule is CC(=O)[C@@H]1C/C(c2ccccc2C)=C/CCC(=O)CCCC[C@H](C)C(=O)CN1. The third-order valence-electron chi connectivity index (χ3n) is 5.63. The van der Waals surface area contributed by atoms with Gasteiger partial charge in [-0.15, -0.1) is 0 Å². The van der Waals surface area contributed by atoms with E-state index in [2.05, 4.69) is 30.4 Å². The van der Waals surface area contributed by atoms with Crippen LogP contribution >= 0.6 is 0 Å². The summed E-state index contributed by atoms with van der Waals surface area (Å²) in [6.07, 6.45) is 6.95. The number of carbonyl (C=O) groups is 3. The summed E-state index contributed by atoms with van der Waals surface area (Å²) >= 11 is 0. The first-order chi connectivity index (χ1) is 13.4. The fraction of sp³-hybridized carbons (Fsp3) is 0.542. The van der Waals surface area contributed by atoms with Gasteiger partial charge in [0.15, 0.2) is 0 Å². The molecule has 0 aromatic heterocycles. The number of hydrogen-bond acceptors (Lipinski definition) is 4. The van der Waals surface area contributed by atoms with E-state index in [1.807, 2.05) is 19.1 Å². The van der Waals surface area contributed by atoms with Crippen molar-refractivity contribution < 1.29 is 14.4 Å². The number of allylic oxidation sites excluding steroid dienone is 1. The minimum Gasteiger partial charge on any atom is -0.300 e. The van der Waals surface area contributed by atoms with Crippen LogP contribution in [0.1, 0.15) is 69.9 Å². The summed E-state index contributed by atoms with van der Waals surface area (Å²) in [5.74, 6) is 0.386. The minimum atomic E-state index is -0.400. The van der Waals surface area contributed by atoms with Crippen LogP contribution in [0.5, 0.6) is 0 Å². The van der Waals surface area contributed by atoms with Crippen molar-refractivity contribution in [2.75, 3.05) is 6.54 Å². The quantitative estimate of drug-likeness (QED) is 0.820. The average molecular weight is 384 g/mol. The molecule has 4 heteroatoms. The summed E-state index contributed by atoms with van der Waals surface area (Å²) in [6.45, 7) is 5.77. The lowest BCUT2D eigenvalue weighted by atomic mass is 9.92. The molecule has 4 nitrogen and oxygen atoms in total. The summed E-state index contributed by atoms with van der Waals surface area (Å²) < 4.78 is 0. The van der Waals surface area contributed by atoms with Gasteiger partial charge in [-0.3, -0.25) is 14.4 Å². The van der Waals surface area contributed by atoms with Crippen LogP contribution < -0.4 is 5.32 Å². The lowest BCUT2D eigenvalue weighted by Crippen LogP contribution is -2.40. The molecular formula is C24H33NO3. The van der Waals surface area contributed by atoms with Crippen molar-refractivity contribution in [2.24, 2.45) is 5.92 Å². The standard InChI is InChI=1S/C24H33NO3/c1-17-9-5-7-14-22(17)20-11-8-13-21(27)12-6-4-10-18(2)24(28)16-25-23(15-20)19(3)26/h5,7,9,11,14,18,23,25H,4,6,8,10,12-13,15-16H2,1-3H3/b20-11-/t18-,23-/m0/s1. The second kappa shape index (κ2) is 11.1. The van der Waals surface area contributed by atoms with Crippen molar-refractivity contribution in [3.8, 4) is 0 Å². The van der Waals surface area contributed by atoms with Gasteiger partial charge in [0.05, 0.1) is 12.6 Å². The molecule has 0 unspecified atom stereocenters. The van der Waals surface area contributed by atoms with Gasteiger partial charge in [0, 0.05) is 18.8 Å². The number of carbonyl (C=O) groups excluding carboxylic acids is 3. The topological polar surface area (TPSA) is 63.2 Å². The Morgan fingerprint density at radius 3 is 2.57 bits per heavy atom. The molecule has 0 radical (unpaired) electrons. The molecule has 0 amide bonds. The highest BCUT2D eigenvalue weighted by molar-refractivity contribution is 5.87. The maximum atomic E-state index is 12.4. The van der Waals surface area contributed by atoms with Gasteiger partial charge in [-0.25, -0.2) is 0 Å². The second-order valence-electron chi connectivity index (χ2n) is 7.98. The highest BCUT2D eigenvalue weighted by Crippen LogP contribution is 2.25. The summed E-state index contributed by atoms with van der Waals surface area (Å²) in [4.78, 5) is 36.9. The summed E-state index contributed by atoms with van der Waals surface area (Å²) in [5, 5.41) is 3.19. The molecule has 1 aliphatic heterocycles. The molecule has 0 aliphatic carbocycles. The number of aryl methyl sites for hydroxylation is 1. The van der Waals surface area contributed by atoms with Crippen LogP contribution in [0.15, 0.2) is 30.3 Å². The smallest absolute Gasteiger partial charge is 0.149 e. The number of ketones is 3. The maximum absolute atomic E-state index is 12.4. The average Bonchev–Trinajstić information content (AvgIpc) is 2.66. The minimum absolute atomic E-state index is 0.0281. The van der Waals surface area contributed by atoms with E-state index in [9.17, 15) is 14.4 Å². The summed E-state index contributed by atoms with van der Waals surface area (Å²) in [7, 11) is 0. The van der Waals surface area contributed by atoms with Gasteiger partial charge in [-0.2, -0.15) is 0 Å². The fourth-order valence-electron chi connectivity index (χ4n) is 3.68. The van der Waals surface area contributed by atoms with E-state index in [-0.39, 0.29) is 29.8 Å². The Bertz CT molecular complexity index is 735. The predicted octanol–water partition coefficient (Wildman–Crippen LogP) is 4.44.